The minimum absolute atomic E-state index is 0.558. The Morgan fingerprint density at radius 2 is 1.94 bits per heavy atom. The normalized spacial score (nSPS) is 30.4. The molecule has 1 heterocycles. The van der Waals surface area contributed by atoms with Crippen LogP contribution in [0.4, 0.5) is 0 Å². The summed E-state index contributed by atoms with van der Waals surface area (Å²) < 4.78 is 0. The molecule has 0 amide bonds. The van der Waals surface area contributed by atoms with Crippen LogP contribution in [0, 0.1) is 5.41 Å². The van der Waals surface area contributed by atoms with Gasteiger partial charge in [0.05, 0.1) is 0 Å². The summed E-state index contributed by atoms with van der Waals surface area (Å²) in [6.45, 7) is 3.96. The Hall–Kier alpha value is 0.660. The molecular weight excluding hydrogens is 246 g/mol. The van der Waals surface area contributed by atoms with Crippen molar-refractivity contribution in [1.29, 1.82) is 0 Å². The first kappa shape index (κ1) is 14.1. The predicted octanol–water partition coefficient (Wildman–Crippen LogP) is 3.69. The van der Waals surface area contributed by atoms with E-state index in [-0.39, 0.29) is 0 Å². The number of likely N-dealkylation sites (tertiary alicyclic amines) is 1. The fourth-order valence-electron chi connectivity index (χ4n) is 3.48. The summed E-state index contributed by atoms with van der Waals surface area (Å²) >= 11 is 6.70. The van der Waals surface area contributed by atoms with Gasteiger partial charge in [-0.2, -0.15) is 24.4 Å². The second kappa shape index (κ2) is 6.72. The maximum absolute atomic E-state index is 4.63. The highest BCUT2D eigenvalue weighted by Gasteiger charge is 2.34. The van der Waals surface area contributed by atoms with E-state index >= 15 is 0 Å². The van der Waals surface area contributed by atoms with Crippen molar-refractivity contribution in [3.63, 3.8) is 0 Å². The van der Waals surface area contributed by atoms with Gasteiger partial charge in [0.1, 0.15) is 0 Å². The quantitative estimate of drug-likeness (QED) is 0.778. The second-order valence-electron chi connectivity index (χ2n) is 5.93. The van der Waals surface area contributed by atoms with Crippen molar-refractivity contribution in [3.05, 3.63) is 0 Å². The number of hydrogen-bond acceptors (Lipinski definition) is 3. The van der Waals surface area contributed by atoms with Crippen LogP contribution < -0.4 is 0 Å². The Morgan fingerprint density at radius 1 is 1.18 bits per heavy atom. The molecule has 0 bridgehead atoms. The lowest BCUT2D eigenvalue weighted by Crippen LogP contribution is -2.38. The van der Waals surface area contributed by atoms with Gasteiger partial charge in [0.2, 0.25) is 0 Å². The first-order chi connectivity index (χ1) is 8.28. The maximum atomic E-state index is 4.63. The van der Waals surface area contributed by atoms with E-state index in [0.29, 0.717) is 5.41 Å². The molecular formula is C14H27NS2. The van der Waals surface area contributed by atoms with Crippen molar-refractivity contribution < 1.29 is 0 Å². The van der Waals surface area contributed by atoms with E-state index in [1.54, 1.807) is 0 Å². The van der Waals surface area contributed by atoms with Gasteiger partial charge >= 0.3 is 0 Å². The highest BCUT2D eigenvalue weighted by atomic mass is 32.2. The molecule has 1 nitrogen and oxygen atoms in total. The first-order valence-electron chi connectivity index (χ1n) is 7.14. The smallest absolute Gasteiger partial charge is 0.00569 e. The third-order valence-corrected chi connectivity index (χ3v) is 6.47. The molecule has 0 spiro atoms. The number of nitrogens with zero attached hydrogens (tertiary/aromatic N) is 1. The Labute approximate surface area is 117 Å². The van der Waals surface area contributed by atoms with Crippen molar-refractivity contribution >= 4 is 24.4 Å². The van der Waals surface area contributed by atoms with Crippen molar-refractivity contribution in [3.8, 4) is 0 Å². The van der Waals surface area contributed by atoms with Crippen LogP contribution in [0.3, 0.4) is 0 Å². The molecule has 1 saturated carbocycles. The molecule has 100 valence electrons. The number of thiol groups is 1. The SMILES string of the molecule is CSC1CCCN(CC2(CS)CCCC2)CC1. The van der Waals surface area contributed by atoms with Gasteiger partial charge in [-0.1, -0.05) is 12.8 Å². The number of hydrogen-bond donors (Lipinski definition) is 1. The molecule has 0 radical (unpaired) electrons. The van der Waals surface area contributed by atoms with Crippen LogP contribution in [-0.2, 0) is 0 Å². The Kier molecular flexibility index (Phi) is 5.56. The molecule has 0 aromatic rings. The predicted molar refractivity (Wildman–Crippen MR) is 82.3 cm³/mol. The van der Waals surface area contributed by atoms with Crippen LogP contribution in [0.2, 0.25) is 0 Å². The topological polar surface area (TPSA) is 3.24 Å². The Bertz CT molecular complexity index is 226. The minimum atomic E-state index is 0.558. The van der Waals surface area contributed by atoms with E-state index in [0.717, 1.165) is 11.0 Å². The average molecular weight is 274 g/mol. The molecule has 0 aromatic heterocycles. The lowest BCUT2D eigenvalue weighted by molar-refractivity contribution is 0.176. The van der Waals surface area contributed by atoms with E-state index in [1.165, 1.54) is 64.6 Å². The van der Waals surface area contributed by atoms with Crippen molar-refractivity contribution in [2.45, 2.75) is 50.2 Å². The summed E-state index contributed by atoms with van der Waals surface area (Å²) in [5.74, 6) is 1.09. The highest BCUT2D eigenvalue weighted by Crippen LogP contribution is 2.40. The van der Waals surface area contributed by atoms with Gasteiger partial charge in [-0.25, -0.2) is 0 Å². The molecule has 2 rings (SSSR count). The molecule has 2 aliphatic rings. The van der Waals surface area contributed by atoms with Gasteiger partial charge in [-0.15, -0.1) is 0 Å². The van der Waals surface area contributed by atoms with E-state index < -0.39 is 0 Å². The van der Waals surface area contributed by atoms with Gasteiger partial charge in [0.25, 0.3) is 0 Å². The third kappa shape index (κ3) is 3.81. The summed E-state index contributed by atoms with van der Waals surface area (Å²) in [5, 5.41) is 0.913. The standard InChI is InChI=1S/C14H27NS2/c1-17-13-5-4-9-15(10-6-13)11-14(12-16)7-2-3-8-14/h13,16H,2-12H2,1H3. The van der Waals surface area contributed by atoms with Crippen LogP contribution >= 0.6 is 24.4 Å². The van der Waals surface area contributed by atoms with Crippen LogP contribution in [0.1, 0.15) is 44.9 Å². The summed E-state index contributed by atoms with van der Waals surface area (Å²) in [5.41, 5.74) is 0.558. The fourth-order valence-corrected chi connectivity index (χ4v) is 4.64. The van der Waals surface area contributed by atoms with E-state index in [4.69, 9.17) is 0 Å². The van der Waals surface area contributed by atoms with E-state index in [1.807, 2.05) is 0 Å². The Morgan fingerprint density at radius 3 is 2.59 bits per heavy atom. The molecule has 1 aliphatic carbocycles. The van der Waals surface area contributed by atoms with Crippen LogP contribution in [0.25, 0.3) is 0 Å². The van der Waals surface area contributed by atoms with Crippen molar-refractivity contribution in [1.82, 2.24) is 4.90 Å². The zero-order chi connectivity index (χ0) is 12.1. The van der Waals surface area contributed by atoms with Crippen LogP contribution in [0.15, 0.2) is 0 Å². The second-order valence-corrected chi connectivity index (χ2v) is 7.38. The van der Waals surface area contributed by atoms with Gasteiger partial charge in [-0.05, 0) is 62.6 Å². The van der Waals surface area contributed by atoms with Crippen molar-refractivity contribution in [2.75, 3.05) is 31.6 Å². The fraction of sp³-hybridized carbons (Fsp3) is 1.00. The zero-order valence-corrected chi connectivity index (χ0v) is 12.9. The maximum Gasteiger partial charge on any atom is 0.00569 e. The lowest BCUT2D eigenvalue weighted by Gasteiger charge is -2.33. The molecule has 1 unspecified atom stereocenters. The number of rotatable bonds is 4. The first-order valence-corrected chi connectivity index (χ1v) is 9.06. The van der Waals surface area contributed by atoms with Gasteiger partial charge in [0.15, 0.2) is 0 Å². The summed E-state index contributed by atoms with van der Waals surface area (Å²) in [6.07, 6.45) is 12.2. The molecule has 1 saturated heterocycles. The monoisotopic (exact) mass is 273 g/mol. The molecule has 1 aliphatic heterocycles. The highest BCUT2D eigenvalue weighted by molar-refractivity contribution is 7.99. The molecule has 17 heavy (non-hydrogen) atoms. The molecule has 2 fully saturated rings. The average Bonchev–Trinajstić information content (AvgIpc) is 2.70. The molecule has 0 N–H and O–H groups in total. The third-order valence-electron chi connectivity index (χ3n) is 4.66. The van der Waals surface area contributed by atoms with Crippen LogP contribution in [-0.4, -0.2) is 41.8 Å². The van der Waals surface area contributed by atoms with Gasteiger partial charge < -0.3 is 4.90 Å². The van der Waals surface area contributed by atoms with Crippen molar-refractivity contribution in [2.24, 2.45) is 5.41 Å². The van der Waals surface area contributed by atoms with Gasteiger partial charge in [-0.3, -0.25) is 0 Å². The zero-order valence-electron chi connectivity index (χ0n) is 11.2. The van der Waals surface area contributed by atoms with E-state index in [2.05, 4.69) is 35.5 Å². The molecule has 1 atom stereocenters. The van der Waals surface area contributed by atoms with Gasteiger partial charge in [0, 0.05) is 11.8 Å². The summed E-state index contributed by atoms with van der Waals surface area (Å²) in [7, 11) is 0. The van der Waals surface area contributed by atoms with E-state index in [9.17, 15) is 0 Å². The lowest BCUT2D eigenvalue weighted by atomic mass is 9.88. The molecule has 3 heteroatoms. The Balaban J connectivity index is 1.85. The summed E-state index contributed by atoms with van der Waals surface area (Å²) in [6, 6.07) is 0. The van der Waals surface area contributed by atoms with Crippen LogP contribution in [0.5, 0.6) is 0 Å². The number of thioether (sulfide) groups is 1. The minimum Gasteiger partial charge on any atom is -0.303 e. The molecule has 0 aromatic carbocycles. The summed E-state index contributed by atoms with van der Waals surface area (Å²) in [4.78, 5) is 2.73. The largest absolute Gasteiger partial charge is 0.303 e.